The normalized spacial score (nSPS) is 11.6. The van der Waals surface area contributed by atoms with E-state index in [2.05, 4.69) is 20.0 Å². The van der Waals surface area contributed by atoms with Crippen LogP contribution in [0.3, 0.4) is 0 Å². The number of hydrogen-bond acceptors (Lipinski definition) is 6. The highest BCUT2D eigenvalue weighted by Crippen LogP contribution is 2.27. The van der Waals surface area contributed by atoms with Gasteiger partial charge in [0.05, 0.1) is 12.6 Å². The molecule has 0 bridgehead atoms. The molecule has 2 rings (SSSR count). The number of benzene rings is 1. The Morgan fingerprint density at radius 2 is 2.05 bits per heavy atom. The van der Waals surface area contributed by atoms with Crippen LogP contribution in [0.15, 0.2) is 18.5 Å². The average molecular weight is 325 g/mol. The number of hydrogen-bond donors (Lipinski definition) is 3. The second-order valence-corrected chi connectivity index (χ2v) is 6.16. The Kier molecular flexibility index (Phi) is 5.11. The molecule has 0 fully saturated rings. The lowest BCUT2D eigenvalue weighted by Crippen LogP contribution is -2.32. The van der Waals surface area contributed by atoms with Gasteiger partial charge in [0.25, 0.3) is 10.2 Å². The van der Waals surface area contributed by atoms with Gasteiger partial charge in [-0.1, -0.05) is 0 Å². The third kappa shape index (κ3) is 4.26. The van der Waals surface area contributed by atoms with Gasteiger partial charge in [-0.15, -0.1) is 0 Å². The highest BCUT2D eigenvalue weighted by molar-refractivity contribution is 7.87. The van der Waals surface area contributed by atoms with E-state index in [9.17, 15) is 8.42 Å². The summed E-state index contributed by atoms with van der Waals surface area (Å²) >= 11 is 0. The average Bonchev–Trinajstić information content (AvgIpc) is 2.45. The molecule has 22 heavy (non-hydrogen) atoms. The van der Waals surface area contributed by atoms with Crippen LogP contribution in [-0.2, 0) is 10.2 Å². The Bertz CT molecular complexity index is 764. The van der Waals surface area contributed by atoms with Gasteiger partial charge in [0.2, 0.25) is 0 Å². The van der Waals surface area contributed by atoms with E-state index < -0.39 is 10.2 Å². The van der Waals surface area contributed by atoms with Crippen molar-refractivity contribution in [2.24, 2.45) is 5.14 Å². The molecule has 0 radical (unpaired) electrons. The minimum absolute atomic E-state index is 0.261. The molecule has 4 N–H and O–H groups in total. The van der Waals surface area contributed by atoms with E-state index >= 15 is 0 Å². The number of rotatable bonds is 7. The molecule has 120 valence electrons. The summed E-state index contributed by atoms with van der Waals surface area (Å²) in [7, 11) is -2.02. The zero-order chi connectivity index (χ0) is 16.2. The van der Waals surface area contributed by atoms with Gasteiger partial charge in [0.15, 0.2) is 0 Å². The maximum absolute atomic E-state index is 10.8. The van der Waals surface area contributed by atoms with Crippen LogP contribution in [0, 0.1) is 6.92 Å². The van der Waals surface area contributed by atoms with Crippen LogP contribution in [-0.4, -0.2) is 38.6 Å². The number of nitrogens with one attached hydrogen (secondary N) is 2. The Morgan fingerprint density at radius 1 is 1.27 bits per heavy atom. The molecule has 0 spiro atoms. The van der Waals surface area contributed by atoms with Crippen molar-refractivity contribution >= 4 is 26.9 Å². The van der Waals surface area contributed by atoms with Crippen molar-refractivity contribution in [1.82, 2.24) is 14.7 Å². The van der Waals surface area contributed by atoms with E-state index in [1.807, 2.05) is 19.1 Å². The summed E-state index contributed by atoms with van der Waals surface area (Å²) in [6.45, 7) is 2.76. The number of anilines is 1. The molecule has 1 aromatic heterocycles. The molecular weight excluding hydrogens is 306 g/mol. The maximum atomic E-state index is 10.8. The van der Waals surface area contributed by atoms with Gasteiger partial charge in [-0.2, -0.15) is 8.42 Å². The molecule has 0 atom stereocenters. The molecule has 9 heteroatoms. The SMILES string of the molecule is COc1cc2c(NCCCNS(N)(=O)=O)ncnc2cc1C. The lowest BCUT2D eigenvalue weighted by molar-refractivity contribution is 0.412. The molecule has 0 aliphatic rings. The number of aromatic nitrogens is 2. The van der Waals surface area contributed by atoms with Crippen molar-refractivity contribution in [3.63, 3.8) is 0 Å². The van der Waals surface area contributed by atoms with Crippen molar-refractivity contribution in [2.45, 2.75) is 13.3 Å². The van der Waals surface area contributed by atoms with Crippen LogP contribution in [0.5, 0.6) is 5.75 Å². The number of nitrogens with two attached hydrogens (primary N) is 1. The van der Waals surface area contributed by atoms with Gasteiger partial charge in [-0.05, 0) is 31.0 Å². The van der Waals surface area contributed by atoms with Crippen LogP contribution in [0.1, 0.15) is 12.0 Å². The monoisotopic (exact) mass is 325 g/mol. The van der Waals surface area contributed by atoms with Crippen LogP contribution in [0.25, 0.3) is 10.9 Å². The summed E-state index contributed by atoms with van der Waals surface area (Å²) in [5.41, 5.74) is 1.82. The fourth-order valence-electron chi connectivity index (χ4n) is 2.06. The van der Waals surface area contributed by atoms with Crippen molar-refractivity contribution in [3.8, 4) is 5.75 Å². The van der Waals surface area contributed by atoms with Crippen LogP contribution < -0.4 is 19.9 Å². The van der Waals surface area contributed by atoms with E-state index in [0.717, 1.165) is 22.2 Å². The second kappa shape index (κ2) is 6.86. The third-order valence-electron chi connectivity index (χ3n) is 3.10. The van der Waals surface area contributed by atoms with Crippen molar-refractivity contribution < 1.29 is 13.2 Å². The zero-order valence-corrected chi connectivity index (χ0v) is 13.3. The number of aryl methyl sites for hydroxylation is 1. The summed E-state index contributed by atoms with van der Waals surface area (Å²) in [4.78, 5) is 8.46. The van der Waals surface area contributed by atoms with Gasteiger partial charge in [0, 0.05) is 18.5 Å². The van der Waals surface area contributed by atoms with E-state index in [4.69, 9.17) is 9.88 Å². The first-order valence-corrected chi connectivity index (χ1v) is 8.26. The lowest BCUT2D eigenvalue weighted by Gasteiger charge is -2.11. The lowest BCUT2D eigenvalue weighted by atomic mass is 10.1. The molecule has 8 nitrogen and oxygen atoms in total. The highest BCUT2D eigenvalue weighted by Gasteiger charge is 2.08. The fourth-order valence-corrected chi connectivity index (χ4v) is 2.49. The van der Waals surface area contributed by atoms with E-state index in [0.29, 0.717) is 18.8 Å². The maximum Gasteiger partial charge on any atom is 0.274 e. The summed E-state index contributed by atoms with van der Waals surface area (Å²) in [5, 5.41) is 8.87. The first kappa shape index (κ1) is 16.4. The van der Waals surface area contributed by atoms with E-state index in [-0.39, 0.29) is 6.54 Å². The van der Waals surface area contributed by atoms with Gasteiger partial charge < -0.3 is 10.1 Å². The first-order chi connectivity index (χ1) is 10.4. The topological polar surface area (TPSA) is 119 Å². The molecule has 1 aromatic carbocycles. The molecule has 0 unspecified atom stereocenters. The minimum atomic E-state index is -3.64. The van der Waals surface area contributed by atoms with Crippen molar-refractivity contribution in [1.29, 1.82) is 0 Å². The van der Waals surface area contributed by atoms with Gasteiger partial charge in [-0.25, -0.2) is 19.8 Å². The quantitative estimate of drug-likeness (QED) is 0.639. The molecule has 0 aliphatic carbocycles. The third-order valence-corrected chi connectivity index (χ3v) is 3.71. The van der Waals surface area contributed by atoms with E-state index in [1.54, 1.807) is 7.11 Å². The Labute approximate surface area is 129 Å². The summed E-state index contributed by atoms with van der Waals surface area (Å²) in [6.07, 6.45) is 2.06. The number of methoxy groups -OCH3 is 1. The summed E-state index contributed by atoms with van der Waals surface area (Å²) in [6, 6.07) is 3.82. The molecule has 0 saturated carbocycles. The Balaban J connectivity index is 2.08. The van der Waals surface area contributed by atoms with Gasteiger partial charge in [-0.3, -0.25) is 0 Å². The standard InChI is InChI=1S/C13H19N5O3S/c1-9-6-11-10(7-12(9)21-2)13(17-8-16-11)15-4-3-5-18-22(14,19)20/h6-8,18H,3-5H2,1-2H3,(H2,14,19,20)(H,15,16,17). The molecule has 0 amide bonds. The number of nitrogens with zero attached hydrogens (tertiary/aromatic N) is 2. The smallest absolute Gasteiger partial charge is 0.274 e. The largest absolute Gasteiger partial charge is 0.496 e. The second-order valence-electron chi connectivity index (χ2n) is 4.78. The summed E-state index contributed by atoms with van der Waals surface area (Å²) in [5.74, 6) is 1.44. The zero-order valence-electron chi connectivity index (χ0n) is 12.5. The van der Waals surface area contributed by atoms with Gasteiger partial charge >= 0.3 is 0 Å². The Hall–Kier alpha value is -1.97. The van der Waals surface area contributed by atoms with Crippen molar-refractivity contribution in [2.75, 3.05) is 25.5 Å². The van der Waals surface area contributed by atoms with Crippen molar-refractivity contribution in [3.05, 3.63) is 24.0 Å². The minimum Gasteiger partial charge on any atom is -0.496 e. The molecular formula is C13H19N5O3S. The molecule has 2 aromatic rings. The predicted molar refractivity (Wildman–Crippen MR) is 85.0 cm³/mol. The highest BCUT2D eigenvalue weighted by atomic mass is 32.2. The summed E-state index contributed by atoms with van der Waals surface area (Å²) < 4.78 is 29.0. The van der Waals surface area contributed by atoms with Crippen LogP contribution >= 0.6 is 0 Å². The van der Waals surface area contributed by atoms with E-state index in [1.165, 1.54) is 6.33 Å². The number of ether oxygens (including phenoxy) is 1. The van der Waals surface area contributed by atoms with Gasteiger partial charge in [0.1, 0.15) is 17.9 Å². The molecule has 0 aliphatic heterocycles. The number of fused-ring (bicyclic) bond motifs is 1. The first-order valence-electron chi connectivity index (χ1n) is 6.71. The molecule has 0 saturated heterocycles. The van der Waals surface area contributed by atoms with Crippen LogP contribution in [0.2, 0.25) is 0 Å². The molecule has 1 heterocycles. The Morgan fingerprint density at radius 3 is 2.73 bits per heavy atom. The predicted octanol–water partition coefficient (Wildman–Crippen LogP) is 0.542. The fraction of sp³-hybridized carbons (Fsp3) is 0.385. The van der Waals surface area contributed by atoms with Crippen LogP contribution in [0.4, 0.5) is 5.82 Å².